The molecule has 84 valence electrons. The van der Waals surface area contributed by atoms with Gasteiger partial charge in [-0.05, 0) is 25.5 Å². The van der Waals surface area contributed by atoms with Crippen molar-refractivity contribution in [3.8, 4) is 5.75 Å². The van der Waals surface area contributed by atoms with Gasteiger partial charge in [-0.2, -0.15) is 0 Å². The second-order valence-corrected chi connectivity index (χ2v) is 3.94. The summed E-state index contributed by atoms with van der Waals surface area (Å²) in [5.74, 6) is -0.332. The first kappa shape index (κ1) is 12.3. The Morgan fingerprint density at radius 2 is 2.20 bits per heavy atom. The average molecular weight is 233 g/mol. The summed E-state index contributed by atoms with van der Waals surface area (Å²) in [6.07, 6.45) is -0.234. The van der Waals surface area contributed by atoms with E-state index in [0.29, 0.717) is 17.0 Å². The zero-order valence-electron chi connectivity index (χ0n) is 8.97. The Hall–Kier alpha value is -0.800. The Balaban J connectivity index is 3.30. The minimum Gasteiger partial charge on any atom is -0.493 e. The fraction of sp³-hybridized carbons (Fsp3) is 0.455. The van der Waals surface area contributed by atoms with Crippen molar-refractivity contribution in [3.63, 3.8) is 0 Å². The van der Waals surface area contributed by atoms with E-state index in [0.717, 1.165) is 5.56 Å². The molecule has 2 nitrogen and oxygen atoms in total. The lowest BCUT2D eigenvalue weighted by Crippen LogP contribution is -2.08. The van der Waals surface area contributed by atoms with Crippen molar-refractivity contribution >= 4 is 11.6 Å². The van der Waals surface area contributed by atoms with Crippen molar-refractivity contribution in [1.82, 2.24) is 0 Å². The molecule has 0 aliphatic heterocycles. The second kappa shape index (κ2) is 4.81. The lowest BCUT2D eigenvalue weighted by molar-refractivity contribution is 0.193. The van der Waals surface area contributed by atoms with E-state index in [1.807, 2.05) is 0 Å². The third kappa shape index (κ3) is 2.61. The van der Waals surface area contributed by atoms with E-state index < -0.39 is 11.9 Å². The van der Waals surface area contributed by atoms with E-state index >= 15 is 0 Å². The number of methoxy groups -OCH3 is 1. The van der Waals surface area contributed by atoms with Gasteiger partial charge in [-0.1, -0.05) is 11.6 Å². The van der Waals surface area contributed by atoms with Gasteiger partial charge >= 0.3 is 0 Å². The highest BCUT2D eigenvalue weighted by molar-refractivity contribution is 6.31. The highest BCUT2D eigenvalue weighted by Gasteiger charge is 2.16. The van der Waals surface area contributed by atoms with Crippen LogP contribution in [0.3, 0.4) is 0 Å². The van der Waals surface area contributed by atoms with Gasteiger partial charge in [0.15, 0.2) is 11.6 Å². The number of aliphatic hydroxyl groups excluding tert-OH is 1. The Morgan fingerprint density at radius 1 is 1.60 bits per heavy atom. The van der Waals surface area contributed by atoms with Gasteiger partial charge in [0.05, 0.1) is 13.2 Å². The second-order valence-electron chi connectivity index (χ2n) is 3.53. The zero-order valence-corrected chi connectivity index (χ0v) is 9.73. The molecule has 1 unspecified atom stereocenters. The van der Waals surface area contributed by atoms with Crippen molar-refractivity contribution in [2.75, 3.05) is 7.11 Å². The minimum absolute atomic E-state index is 0.165. The summed E-state index contributed by atoms with van der Waals surface area (Å²) >= 11 is 5.85. The molecule has 0 saturated heterocycles. The molecule has 1 aromatic rings. The summed E-state index contributed by atoms with van der Waals surface area (Å²) in [6.45, 7) is 3.42. The third-order valence-corrected chi connectivity index (χ3v) is 2.65. The number of benzene rings is 1. The van der Waals surface area contributed by atoms with Gasteiger partial charge in [0.1, 0.15) is 0 Å². The minimum atomic E-state index is -0.560. The van der Waals surface area contributed by atoms with Crippen LogP contribution in [0.15, 0.2) is 6.07 Å². The van der Waals surface area contributed by atoms with Crippen LogP contribution in [0.25, 0.3) is 0 Å². The zero-order chi connectivity index (χ0) is 11.6. The molecule has 0 spiro atoms. The van der Waals surface area contributed by atoms with E-state index in [-0.39, 0.29) is 5.75 Å². The molecule has 0 aliphatic rings. The van der Waals surface area contributed by atoms with Crippen LogP contribution in [0.2, 0.25) is 5.02 Å². The van der Waals surface area contributed by atoms with E-state index in [1.165, 1.54) is 13.2 Å². The monoisotopic (exact) mass is 232 g/mol. The van der Waals surface area contributed by atoms with Crippen LogP contribution in [0.5, 0.6) is 5.75 Å². The highest BCUT2D eigenvalue weighted by atomic mass is 35.5. The van der Waals surface area contributed by atoms with Crippen LogP contribution in [0.4, 0.5) is 4.39 Å². The van der Waals surface area contributed by atoms with Gasteiger partial charge in [-0.15, -0.1) is 0 Å². The van der Waals surface area contributed by atoms with Crippen LogP contribution in [0, 0.1) is 12.7 Å². The Kier molecular flexibility index (Phi) is 3.94. The number of aliphatic hydroxyl groups is 1. The fourth-order valence-corrected chi connectivity index (χ4v) is 1.72. The van der Waals surface area contributed by atoms with E-state index in [4.69, 9.17) is 16.3 Å². The van der Waals surface area contributed by atoms with Crippen molar-refractivity contribution in [3.05, 3.63) is 28.0 Å². The van der Waals surface area contributed by atoms with Crippen LogP contribution in [-0.2, 0) is 6.42 Å². The van der Waals surface area contributed by atoms with Gasteiger partial charge in [-0.3, -0.25) is 0 Å². The predicted octanol–water partition coefficient (Wildman–Crippen LogP) is 2.72. The normalized spacial score (nSPS) is 12.7. The molecule has 1 N–H and O–H groups in total. The van der Waals surface area contributed by atoms with Gasteiger partial charge in [0.2, 0.25) is 0 Å². The van der Waals surface area contributed by atoms with E-state index in [1.54, 1.807) is 13.8 Å². The first-order valence-electron chi connectivity index (χ1n) is 4.67. The number of rotatable bonds is 3. The fourth-order valence-electron chi connectivity index (χ4n) is 1.51. The number of ether oxygens (including phenoxy) is 1. The van der Waals surface area contributed by atoms with E-state index in [2.05, 4.69) is 0 Å². The third-order valence-electron chi connectivity index (χ3n) is 2.26. The maximum absolute atomic E-state index is 13.5. The van der Waals surface area contributed by atoms with Crippen LogP contribution >= 0.6 is 11.6 Å². The predicted molar refractivity (Wildman–Crippen MR) is 58.1 cm³/mol. The Labute approximate surface area is 93.6 Å². The Bertz CT molecular complexity index is 364. The molecule has 15 heavy (non-hydrogen) atoms. The molecular formula is C11H14ClFO2. The first-order chi connectivity index (χ1) is 6.97. The maximum atomic E-state index is 13.5. The largest absolute Gasteiger partial charge is 0.493 e. The molecule has 0 heterocycles. The quantitative estimate of drug-likeness (QED) is 0.869. The summed E-state index contributed by atoms with van der Waals surface area (Å²) in [4.78, 5) is 0. The molecule has 0 saturated carbocycles. The molecule has 0 aliphatic carbocycles. The van der Waals surface area contributed by atoms with Gasteiger partial charge in [-0.25, -0.2) is 4.39 Å². The SMILES string of the molecule is COc1c(F)cc(Cl)c(C)c1CC(C)O. The highest BCUT2D eigenvalue weighted by Crippen LogP contribution is 2.32. The van der Waals surface area contributed by atoms with Gasteiger partial charge in [0, 0.05) is 17.0 Å². The van der Waals surface area contributed by atoms with Crippen molar-refractivity contribution in [2.45, 2.75) is 26.4 Å². The van der Waals surface area contributed by atoms with E-state index in [9.17, 15) is 9.50 Å². The smallest absolute Gasteiger partial charge is 0.166 e. The summed E-state index contributed by atoms with van der Waals surface area (Å²) in [5, 5.41) is 9.66. The summed E-state index contributed by atoms with van der Waals surface area (Å²) in [7, 11) is 1.40. The first-order valence-corrected chi connectivity index (χ1v) is 5.04. The molecule has 0 aromatic heterocycles. The molecule has 0 amide bonds. The maximum Gasteiger partial charge on any atom is 0.166 e. The van der Waals surface area contributed by atoms with Crippen LogP contribution in [0.1, 0.15) is 18.1 Å². The standard InChI is InChI=1S/C11H14ClFO2/c1-6(14)4-8-7(2)9(12)5-10(13)11(8)15-3/h5-6,14H,4H2,1-3H3. The summed E-state index contributed by atoms with van der Waals surface area (Å²) in [5.41, 5.74) is 1.37. The lowest BCUT2D eigenvalue weighted by atomic mass is 10.0. The molecule has 0 bridgehead atoms. The molecule has 4 heteroatoms. The van der Waals surface area contributed by atoms with Crippen molar-refractivity contribution in [2.24, 2.45) is 0 Å². The van der Waals surface area contributed by atoms with Crippen LogP contribution in [-0.4, -0.2) is 18.3 Å². The van der Waals surface area contributed by atoms with Crippen LogP contribution < -0.4 is 4.74 Å². The number of halogens is 2. The molecular weight excluding hydrogens is 219 g/mol. The van der Waals surface area contributed by atoms with Gasteiger partial charge in [0.25, 0.3) is 0 Å². The van der Waals surface area contributed by atoms with Crippen molar-refractivity contribution in [1.29, 1.82) is 0 Å². The topological polar surface area (TPSA) is 29.5 Å². The lowest BCUT2D eigenvalue weighted by Gasteiger charge is -2.15. The number of hydrogen-bond donors (Lipinski definition) is 1. The average Bonchev–Trinajstić information content (AvgIpc) is 2.13. The Morgan fingerprint density at radius 3 is 2.67 bits per heavy atom. The van der Waals surface area contributed by atoms with Gasteiger partial charge < -0.3 is 9.84 Å². The summed E-state index contributed by atoms with van der Waals surface area (Å²) in [6, 6.07) is 1.22. The van der Waals surface area contributed by atoms with Crippen molar-refractivity contribution < 1.29 is 14.2 Å². The number of hydrogen-bond acceptors (Lipinski definition) is 2. The molecule has 1 rings (SSSR count). The molecule has 1 aromatic carbocycles. The summed E-state index contributed by atoms with van der Waals surface area (Å²) < 4.78 is 18.4. The molecule has 0 fully saturated rings. The molecule has 1 atom stereocenters. The molecule has 0 radical (unpaired) electrons.